The number of aliphatic carboxylic acids is 1. The van der Waals surface area contributed by atoms with Crippen LogP contribution in [-0.4, -0.2) is 80.0 Å². The number of carbonyl (C=O) groups is 2. The lowest BCUT2D eigenvalue weighted by atomic mass is 9.82. The third-order valence-electron chi connectivity index (χ3n) is 7.35. The molecule has 4 rings (SSSR count). The third kappa shape index (κ3) is 6.39. The van der Waals surface area contributed by atoms with E-state index in [9.17, 15) is 14.7 Å². The highest BCUT2D eigenvalue weighted by atomic mass is 16.7. The van der Waals surface area contributed by atoms with E-state index in [0.717, 1.165) is 36.3 Å². The van der Waals surface area contributed by atoms with Crippen molar-refractivity contribution in [3.05, 3.63) is 53.6 Å². The van der Waals surface area contributed by atoms with Crippen LogP contribution in [0.2, 0.25) is 0 Å². The Labute approximate surface area is 224 Å². The summed E-state index contributed by atoms with van der Waals surface area (Å²) in [6.45, 7) is 8.00. The van der Waals surface area contributed by atoms with E-state index in [1.807, 2.05) is 49.4 Å². The van der Waals surface area contributed by atoms with Gasteiger partial charge in [-0.2, -0.15) is 0 Å². The first-order valence-electron chi connectivity index (χ1n) is 13.4. The molecule has 0 spiro atoms. The Morgan fingerprint density at radius 1 is 1.05 bits per heavy atom. The standard InChI is InChI=1S/C29H39N3O6/c1-4-12-30-26(33)18-31(13-5-2)14-15-32-17-23(21-8-11-24-25(16-21)38-19-37-24)27(29(34)35)28(32)20-6-9-22(36-3)10-7-20/h6-11,16,23,27-28H,4-5,12-15,17-19H2,1-3H3,(H,30,33)(H,34,35)/t23-,27+,28-/m1/s1. The summed E-state index contributed by atoms with van der Waals surface area (Å²) < 4.78 is 16.4. The normalized spacial score (nSPS) is 20.6. The van der Waals surface area contributed by atoms with Crippen molar-refractivity contribution in [1.82, 2.24) is 15.1 Å². The molecule has 0 bridgehead atoms. The van der Waals surface area contributed by atoms with Crippen molar-refractivity contribution in [3.63, 3.8) is 0 Å². The predicted octanol–water partition coefficient (Wildman–Crippen LogP) is 3.50. The molecule has 0 aromatic heterocycles. The molecule has 1 amide bonds. The minimum absolute atomic E-state index is 0.0232. The van der Waals surface area contributed by atoms with Gasteiger partial charge in [0.05, 0.1) is 19.6 Å². The average molecular weight is 526 g/mol. The van der Waals surface area contributed by atoms with Crippen LogP contribution in [0, 0.1) is 5.92 Å². The Kier molecular flexibility index (Phi) is 9.47. The fourth-order valence-electron chi connectivity index (χ4n) is 5.52. The van der Waals surface area contributed by atoms with Gasteiger partial charge in [-0.25, -0.2) is 0 Å². The van der Waals surface area contributed by atoms with Crippen molar-refractivity contribution in [3.8, 4) is 17.2 Å². The second-order valence-electron chi connectivity index (χ2n) is 9.92. The average Bonchev–Trinajstić information content (AvgIpc) is 3.55. The highest BCUT2D eigenvalue weighted by molar-refractivity contribution is 5.78. The molecule has 1 saturated heterocycles. The number of rotatable bonds is 13. The number of nitrogens with one attached hydrogen (secondary N) is 1. The van der Waals surface area contributed by atoms with E-state index in [1.54, 1.807) is 7.11 Å². The summed E-state index contributed by atoms with van der Waals surface area (Å²) in [7, 11) is 1.62. The molecule has 0 unspecified atom stereocenters. The molecule has 9 heteroatoms. The van der Waals surface area contributed by atoms with E-state index in [-0.39, 0.29) is 24.7 Å². The van der Waals surface area contributed by atoms with Gasteiger partial charge in [0.2, 0.25) is 12.7 Å². The van der Waals surface area contributed by atoms with Crippen LogP contribution in [0.4, 0.5) is 0 Å². The van der Waals surface area contributed by atoms with Gasteiger partial charge in [0.25, 0.3) is 0 Å². The fraction of sp³-hybridized carbons (Fsp3) is 0.517. The van der Waals surface area contributed by atoms with Gasteiger partial charge in [-0.3, -0.25) is 19.4 Å². The van der Waals surface area contributed by atoms with E-state index in [2.05, 4.69) is 22.0 Å². The number of ether oxygens (including phenoxy) is 3. The van der Waals surface area contributed by atoms with Crippen molar-refractivity contribution in [2.45, 2.75) is 38.6 Å². The summed E-state index contributed by atoms with van der Waals surface area (Å²) in [6, 6.07) is 13.1. The van der Waals surface area contributed by atoms with Crippen LogP contribution in [0.3, 0.4) is 0 Å². The fourth-order valence-corrected chi connectivity index (χ4v) is 5.52. The van der Waals surface area contributed by atoms with Gasteiger partial charge in [0.1, 0.15) is 5.75 Å². The maximum absolute atomic E-state index is 12.8. The molecule has 2 aliphatic heterocycles. The first-order valence-corrected chi connectivity index (χ1v) is 13.4. The number of benzene rings is 2. The van der Waals surface area contributed by atoms with Gasteiger partial charge in [0, 0.05) is 38.1 Å². The Bertz CT molecular complexity index is 1090. The Balaban J connectivity index is 1.60. The van der Waals surface area contributed by atoms with E-state index >= 15 is 0 Å². The Morgan fingerprint density at radius 2 is 1.79 bits per heavy atom. The van der Waals surface area contributed by atoms with Crippen LogP contribution >= 0.6 is 0 Å². The smallest absolute Gasteiger partial charge is 0.309 e. The van der Waals surface area contributed by atoms with Crippen LogP contribution in [-0.2, 0) is 9.59 Å². The molecule has 2 aromatic carbocycles. The van der Waals surface area contributed by atoms with Gasteiger partial charge < -0.3 is 24.6 Å². The van der Waals surface area contributed by atoms with E-state index in [4.69, 9.17) is 14.2 Å². The van der Waals surface area contributed by atoms with Gasteiger partial charge in [0.15, 0.2) is 11.5 Å². The van der Waals surface area contributed by atoms with Gasteiger partial charge in [-0.05, 0) is 54.8 Å². The molecule has 2 aromatic rings. The highest BCUT2D eigenvalue weighted by Crippen LogP contribution is 2.47. The molecule has 206 valence electrons. The lowest BCUT2D eigenvalue weighted by Gasteiger charge is -2.30. The third-order valence-corrected chi connectivity index (χ3v) is 7.35. The van der Waals surface area contributed by atoms with Crippen molar-refractivity contribution in [2.75, 3.05) is 53.2 Å². The highest BCUT2D eigenvalue weighted by Gasteiger charge is 2.47. The first-order chi connectivity index (χ1) is 18.4. The van der Waals surface area contributed by atoms with Gasteiger partial charge in [-0.1, -0.05) is 32.0 Å². The van der Waals surface area contributed by atoms with Gasteiger partial charge >= 0.3 is 5.97 Å². The number of carboxylic acid groups (broad SMARTS) is 1. The van der Waals surface area contributed by atoms with Gasteiger partial charge in [-0.15, -0.1) is 0 Å². The lowest BCUT2D eigenvalue weighted by Crippen LogP contribution is -2.42. The molecule has 2 aliphatic rings. The minimum Gasteiger partial charge on any atom is -0.497 e. The summed E-state index contributed by atoms with van der Waals surface area (Å²) in [5.74, 6) is 0.356. The number of hydrogen-bond donors (Lipinski definition) is 2. The number of methoxy groups -OCH3 is 1. The largest absolute Gasteiger partial charge is 0.497 e. The molecule has 0 aliphatic carbocycles. The van der Waals surface area contributed by atoms with Crippen LogP contribution in [0.1, 0.15) is 49.8 Å². The second-order valence-corrected chi connectivity index (χ2v) is 9.92. The SMILES string of the molecule is CCCNC(=O)CN(CCC)CCN1C[C@H](c2ccc3c(c2)OCO3)[C@H](C(=O)O)[C@H]1c1ccc(OC)cc1. The van der Waals surface area contributed by atoms with Crippen LogP contribution in [0.15, 0.2) is 42.5 Å². The quantitative estimate of drug-likeness (QED) is 0.410. The zero-order chi connectivity index (χ0) is 27.1. The number of nitrogens with zero attached hydrogens (tertiary/aromatic N) is 2. The minimum atomic E-state index is -0.833. The molecule has 9 nitrogen and oxygen atoms in total. The molecular weight excluding hydrogens is 486 g/mol. The molecule has 2 heterocycles. The maximum atomic E-state index is 12.8. The predicted molar refractivity (Wildman–Crippen MR) is 144 cm³/mol. The summed E-state index contributed by atoms with van der Waals surface area (Å²) >= 11 is 0. The molecule has 1 fully saturated rings. The van der Waals surface area contributed by atoms with Crippen molar-refractivity contribution >= 4 is 11.9 Å². The number of carboxylic acids is 1. The monoisotopic (exact) mass is 525 g/mol. The first kappa shape index (κ1) is 27.7. The Hall–Kier alpha value is -3.30. The topological polar surface area (TPSA) is 101 Å². The second kappa shape index (κ2) is 13.0. The summed E-state index contributed by atoms with van der Waals surface area (Å²) in [5.41, 5.74) is 1.86. The van der Waals surface area contributed by atoms with E-state index in [0.29, 0.717) is 44.2 Å². The van der Waals surface area contributed by atoms with Crippen molar-refractivity contribution < 1.29 is 28.9 Å². The maximum Gasteiger partial charge on any atom is 0.309 e. The number of hydrogen-bond acceptors (Lipinski definition) is 7. The van der Waals surface area contributed by atoms with Crippen LogP contribution in [0.25, 0.3) is 0 Å². The summed E-state index contributed by atoms with van der Waals surface area (Å²) in [6.07, 6.45) is 1.83. The number of amides is 1. The summed E-state index contributed by atoms with van der Waals surface area (Å²) in [4.78, 5) is 29.6. The Morgan fingerprint density at radius 3 is 2.47 bits per heavy atom. The zero-order valence-corrected chi connectivity index (χ0v) is 22.5. The molecular formula is C29H39N3O6. The van der Waals surface area contributed by atoms with Crippen LogP contribution in [0.5, 0.6) is 17.2 Å². The lowest BCUT2D eigenvalue weighted by molar-refractivity contribution is -0.143. The molecule has 3 atom stereocenters. The molecule has 38 heavy (non-hydrogen) atoms. The van der Waals surface area contributed by atoms with Crippen molar-refractivity contribution in [1.29, 1.82) is 0 Å². The number of fused-ring (bicyclic) bond motifs is 1. The van der Waals surface area contributed by atoms with E-state index in [1.165, 1.54) is 0 Å². The van der Waals surface area contributed by atoms with Crippen LogP contribution < -0.4 is 19.5 Å². The molecule has 0 radical (unpaired) electrons. The summed E-state index contributed by atoms with van der Waals surface area (Å²) in [5, 5.41) is 13.4. The van der Waals surface area contributed by atoms with E-state index < -0.39 is 11.9 Å². The number of carbonyl (C=O) groups excluding carboxylic acids is 1. The van der Waals surface area contributed by atoms with Crippen molar-refractivity contribution in [2.24, 2.45) is 5.92 Å². The molecule has 2 N–H and O–H groups in total. The molecule has 0 saturated carbocycles. The number of likely N-dealkylation sites (tertiary alicyclic amines) is 1. The zero-order valence-electron chi connectivity index (χ0n) is 22.5.